The van der Waals surface area contributed by atoms with Crippen LogP contribution in [0.4, 0.5) is 5.69 Å². The predicted octanol–water partition coefficient (Wildman–Crippen LogP) is 2.96. The van der Waals surface area contributed by atoms with Crippen molar-refractivity contribution in [2.45, 2.75) is 5.38 Å². The molecular formula is C16H15ClN2O2. The predicted molar refractivity (Wildman–Crippen MR) is 83.5 cm³/mol. The molecule has 4 nitrogen and oxygen atoms in total. The zero-order chi connectivity index (χ0) is 15.2. The Morgan fingerprint density at radius 1 is 1.05 bits per heavy atom. The van der Waals surface area contributed by atoms with Gasteiger partial charge < -0.3 is 10.6 Å². The number of rotatable bonds is 4. The normalized spacial score (nSPS) is 11.5. The van der Waals surface area contributed by atoms with E-state index in [2.05, 4.69) is 10.6 Å². The molecule has 0 aliphatic rings. The Balaban J connectivity index is 2.11. The number of carbonyl (C=O) groups is 2. The smallest absolute Gasteiger partial charge is 0.251 e. The molecule has 2 N–H and O–H groups in total. The highest BCUT2D eigenvalue weighted by Crippen LogP contribution is 2.22. The lowest BCUT2D eigenvalue weighted by molar-refractivity contribution is -0.116. The van der Waals surface area contributed by atoms with Gasteiger partial charge >= 0.3 is 0 Å². The summed E-state index contributed by atoms with van der Waals surface area (Å²) in [7, 11) is 1.55. The van der Waals surface area contributed by atoms with Gasteiger partial charge in [0, 0.05) is 18.3 Å². The fourth-order valence-electron chi connectivity index (χ4n) is 1.86. The summed E-state index contributed by atoms with van der Waals surface area (Å²) >= 11 is 6.14. The van der Waals surface area contributed by atoms with Crippen molar-refractivity contribution >= 4 is 29.1 Å². The van der Waals surface area contributed by atoms with Crippen molar-refractivity contribution < 1.29 is 9.59 Å². The van der Waals surface area contributed by atoms with Crippen molar-refractivity contribution in [3.8, 4) is 0 Å². The van der Waals surface area contributed by atoms with Gasteiger partial charge in [0.05, 0.1) is 0 Å². The minimum atomic E-state index is -0.783. The highest BCUT2D eigenvalue weighted by atomic mass is 35.5. The van der Waals surface area contributed by atoms with Crippen LogP contribution >= 0.6 is 11.6 Å². The number of alkyl halides is 1. The van der Waals surface area contributed by atoms with Gasteiger partial charge in [-0.15, -0.1) is 11.6 Å². The molecule has 108 valence electrons. The fourth-order valence-corrected chi connectivity index (χ4v) is 2.06. The van der Waals surface area contributed by atoms with E-state index in [-0.39, 0.29) is 11.8 Å². The van der Waals surface area contributed by atoms with Crippen LogP contribution in [0.2, 0.25) is 0 Å². The van der Waals surface area contributed by atoms with Crippen molar-refractivity contribution in [3.05, 3.63) is 65.7 Å². The zero-order valence-corrected chi connectivity index (χ0v) is 12.2. The van der Waals surface area contributed by atoms with E-state index >= 15 is 0 Å². The SMILES string of the molecule is CNC(=O)c1cccc(NC(=O)C(Cl)c2ccccc2)c1. The summed E-state index contributed by atoms with van der Waals surface area (Å²) in [5, 5.41) is 4.46. The molecule has 0 heterocycles. The van der Waals surface area contributed by atoms with Gasteiger partial charge in [-0.25, -0.2) is 0 Å². The van der Waals surface area contributed by atoms with Gasteiger partial charge in [0.2, 0.25) is 5.91 Å². The van der Waals surface area contributed by atoms with Crippen LogP contribution in [0.15, 0.2) is 54.6 Å². The number of hydrogen-bond donors (Lipinski definition) is 2. The molecule has 0 saturated carbocycles. The van der Waals surface area contributed by atoms with Crippen molar-refractivity contribution in [2.75, 3.05) is 12.4 Å². The molecule has 0 saturated heterocycles. The summed E-state index contributed by atoms with van der Waals surface area (Å²) in [6.45, 7) is 0. The molecule has 0 spiro atoms. The molecule has 21 heavy (non-hydrogen) atoms. The molecular weight excluding hydrogens is 288 g/mol. The zero-order valence-electron chi connectivity index (χ0n) is 11.5. The van der Waals surface area contributed by atoms with E-state index in [0.717, 1.165) is 5.56 Å². The Kier molecular flexibility index (Phi) is 4.95. The molecule has 2 rings (SSSR count). The minimum Gasteiger partial charge on any atom is -0.355 e. The van der Waals surface area contributed by atoms with Crippen molar-refractivity contribution in [1.29, 1.82) is 0 Å². The van der Waals surface area contributed by atoms with E-state index in [4.69, 9.17) is 11.6 Å². The Labute approximate surface area is 128 Å². The maximum Gasteiger partial charge on any atom is 0.251 e. The second-order valence-corrected chi connectivity index (χ2v) is 4.86. The minimum absolute atomic E-state index is 0.211. The van der Waals surface area contributed by atoms with Gasteiger partial charge in [-0.05, 0) is 23.8 Å². The van der Waals surface area contributed by atoms with Gasteiger partial charge in [-0.3, -0.25) is 9.59 Å². The maximum atomic E-state index is 12.1. The number of carbonyl (C=O) groups excluding carboxylic acids is 2. The van der Waals surface area contributed by atoms with Gasteiger partial charge in [0.15, 0.2) is 0 Å². The molecule has 0 radical (unpaired) electrons. The van der Waals surface area contributed by atoms with Gasteiger partial charge in [0.1, 0.15) is 5.38 Å². The lowest BCUT2D eigenvalue weighted by Gasteiger charge is -2.11. The van der Waals surface area contributed by atoms with Crippen molar-refractivity contribution in [2.24, 2.45) is 0 Å². The number of benzene rings is 2. The fraction of sp³-hybridized carbons (Fsp3) is 0.125. The Bertz CT molecular complexity index is 644. The standard InChI is InChI=1S/C16H15ClN2O2/c1-18-15(20)12-8-5-9-13(10-12)19-16(21)14(17)11-6-3-2-4-7-11/h2-10,14H,1H3,(H,18,20)(H,19,21). The molecule has 2 amide bonds. The van der Waals surface area contributed by atoms with Crippen LogP contribution in [0.1, 0.15) is 21.3 Å². The van der Waals surface area contributed by atoms with E-state index in [1.54, 1.807) is 43.4 Å². The third kappa shape index (κ3) is 3.83. The number of anilines is 1. The molecule has 0 aromatic heterocycles. The van der Waals surface area contributed by atoms with E-state index in [1.807, 2.05) is 18.2 Å². The number of nitrogens with one attached hydrogen (secondary N) is 2. The molecule has 5 heteroatoms. The first-order valence-corrected chi connectivity index (χ1v) is 6.87. The van der Waals surface area contributed by atoms with Gasteiger partial charge in [-0.1, -0.05) is 36.4 Å². The lowest BCUT2D eigenvalue weighted by atomic mass is 10.1. The molecule has 2 aromatic rings. The first kappa shape index (κ1) is 15.1. The summed E-state index contributed by atoms with van der Waals surface area (Å²) < 4.78 is 0. The monoisotopic (exact) mass is 302 g/mol. The molecule has 1 unspecified atom stereocenters. The first-order chi connectivity index (χ1) is 10.1. The van der Waals surface area contributed by atoms with Gasteiger partial charge in [0.25, 0.3) is 5.91 Å². The van der Waals surface area contributed by atoms with Gasteiger partial charge in [-0.2, -0.15) is 0 Å². The van der Waals surface area contributed by atoms with Crippen LogP contribution in [-0.2, 0) is 4.79 Å². The van der Waals surface area contributed by atoms with Crippen LogP contribution in [0.25, 0.3) is 0 Å². The van der Waals surface area contributed by atoms with Crippen LogP contribution in [-0.4, -0.2) is 18.9 Å². The first-order valence-electron chi connectivity index (χ1n) is 6.44. The lowest BCUT2D eigenvalue weighted by Crippen LogP contribution is -2.19. The number of amides is 2. The number of halogens is 1. The Hall–Kier alpha value is -2.33. The van der Waals surface area contributed by atoms with Crippen LogP contribution in [0.5, 0.6) is 0 Å². The largest absolute Gasteiger partial charge is 0.355 e. The summed E-state index contributed by atoms with van der Waals surface area (Å²) in [5.41, 5.74) is 1.72. The molecule has 0 aliphatic heterocycles. The van der Waals surface area contributed by atoms with Crippen LogP contribution < -0.4 is 10.6 Å². The topological polar surface area (TPSA) is 58.2 Å². The van der Waals surface area contributed by atoms with E-state index in [0.29, 0.717) is 11.3 Å². The molecule has 1 atom stereocenters. The second-order valence-electron chi connectivity index (χ2n) is 4.42. The average molecular weight is 303 g/mol. The molecule has 0 bridgehead atoms. The molecule has 2 aromatic carbocycles. The summed E-state index contributed by atoms with van der Waals surface area (Å²) in [6.07, 6.45) is 0. The van der Waals surface area contributed by atoms with Crippen LogP contribution in [0, 0.1) is 0 Å². The van der Waals surface area contributed by atoms with Crippen molar-refractivity contribution in [3.63, 3.8) is 0 Å². The maximum absolute atomic E-state index is 12.1. The second kappa shape index (κ2) is 6.90. The molecule has 0 fully saturated rings. The van der Waals surface area contributed by atoms with Crippen LogP contribution in [0.3, 0.4) is 0 Å². The van der Waals surface area contributed by atoms with E-state index in [1.165, 1.54) is 0 Å². The Morgan fingerprint density at radius 3 is 2.43 bits per heavy atom. The van der Waals surface area contributed by atoms with E-state index < -0.39 is 5.38 Å². The third-order valence-electron chi connectivity index (χ3n) is 2.94. The highest BCUT2D eigenvalue weighted by Gasteiger charge is 2.17. The Morgan fingerprint density at radius 2 is 1.76 bits per heavy atom. The molecule has 0 aliphatic carbocycles. The average Bonchev–Trinajstić information content (AvgIpc) is 2.54. The quantitative estimate of drug-likeness (QED) is 0.853. The number of hydrogen-bond acceptors (Lipinski definition) is 2. The summed E-state index contributed by atoms with van der Waals surface area (Å²) in [4.78, 5) is 23.7. The van der Waals surface area contributed by atoms with E-state index in [9.17, 15) is 9.59 Å². The third-order valence-corrected chi connectivity index (χ3v) is 3.39. The highest BCUT2D eigenvalue weighted by molar-refractivity contribution is 6.32. The van der Waals surface area contributed by atoms with Crippen molar-refractivity contribution in [1.82, 2.24) is 5.32 Å². The summed E-state index contributed by atoms with van der Waals surface area (Å²) in [6, 6.07) is 15.8. The summed E-state index contributed by atoms with van der Waals surface area (Å²) in [5.74, 6) is -0.548.